The third-order valence-electron chi connectivity index (χ3n) is 3.88. The van der Waals surface area contributed by atoms with Gasteiger partial charge in [-0.1, -0.05) is 0 Å². The summed E-state index contributed by atoms with van der Waals surface area (Å²) in [7, 11) is 0. The maximum atomic E-state index is 11.1. The smallest absolute Gasteiger partial charge is 0.222 e. The maximum Gasteiger partial charge on any atom is 0.222 e. The van der Waals surface area contributed by atoms with E-state index in [2.05, 4.69) is 26.4 Å². The summed E-state index contributed by atoms with van der Waals surface area (Å²) in [5.41, 5.74) is 1.54. The third-order valence-corrected chi connectivity index (χ3v) is 3.88. The second-order valence-corrected chi connectivity index (χ2v) is 5.70. The molecule has 0 aliphatic carbocycles. The first kappa shape index (κ1) is 15.2. The fourth-order valence-electron chi connectivity index (χ4n) is 2.85. The topological polar surface area (TPSA) is 86.8 Å². The number of hydrogen-bond donors (Lipinski definition) is 1. The molecule has 0 radical (unpaired) electrons. The van der Waals surface area contributed by atoms with E-state index in [0.29, 0.717) is 17.6 Å². The normalized spacial score (nSPS) is 17.8. The molecule has 0 spiro atoms. The minimum atomic E-state index is -0.116. The fraction of sp³-hybridized carbons (Fsp3) is 0.375. The van der Waals surface area contributed by atoms with Crippen LogP contribution >= 0.6 is 0 Å². The Labute approximate surface area is 134 Å². The Kier molecular flexibility index (Phi) is 4.35. The number of nitrogens with one attached hydrogen (secondary N) is 1. The van der Waals surface area contributed by atoms with Crippen molar-refractivity contribution < 1.29 is 4.79 Å². The van der Waals surface area contributed by atoms with Crippen molar-refractivity contribution in [3.8, 4) is 6.07 Å². The van der Waals surface area contributed by atoms with Gasteiger partial charge in [0.15, 0.2) is 5.82 Å². The van der Waals surface area contributed by atoms with Crippen molar-refractivity contribution in [2.45, 2.75) is 25.9 Å². The maximum absolute atomic E-state index is 11.1. The van der Waals surface area contributed by atoms with E-state index in [-0.39, 0.29) is 5.91 Å². The van der Waals surface area contributed by atoms with Gasteiger partial charge in [-0.3, -0.25) is 14.4 Å². The molecule has 2 aromatic rings. The number of anilines is 1. The van der Waals surface area contributed by atoms with Crippen molar-refractivity contribution in [3.05, 3.63) is 41.9 Å². The molecular weight excluding hydrogens is 292 g/mol. The van der Waals surface area contributed by atoms with Crippen molar-refractivity contribution >= 4 is 11.7 Å². The van der Waals surface area contributed by atoms with Crippen molar-refractivity contribution in [1.82, 2.24) is 19.7 Å². The quantitative estimate of drug-likeness (QED) is 0.926. The number of nitriles is 1. The molecule has 1 N–H and O–H groups in total. The molecule has 7 heteroatoms. The van der Waals surface area contributed by atoms with Gasteiger partial charge in [0.1, 0.15) is 11.8 Å². The standard InChI is InChI=1S/C16H18N6O/c1-12(23)19-16-4-7-22(20-16)15-3-6-21(11-15)10-13-2-5-18-14(8-13)9-17/h2,4-5,7-8,15H,3,6,10-11H2,1H3,(H,19,20,23). The Hall–Kier alpha value is -2.72. The average Bonchev–Trinajstić information content (AvgIpc) is 3.16. The number of hydrogen-bond acceptors (Lipinski definition) is 5. The molecular formula is C16H18N6O. The van der Waals surface area contributed by atoms with Gasteiger partial charge in [0.05, 0.1) is 6.04 Å². The summed E-state index contributed by atoms with van der Waals surface area (Å²) in [5, 5.41) is 16.0. The monoisotopic (exact) mass is 310 g/mol. The summed E-state index contributed by atoms with van der Waals surface area (Å²) in [6, 6.07) is 7.95. The number of carbonyl (C=O) groups is 1. The van der Waals surface area contributed by atoms with Gasteiger partial charge in [0.2, 0.25) is 5.91 Å². The fourth-order valence-corrected chi connectivity index (χ4v) is 2.85. The molecule has 3 heterocycles. The van der Waals surface area contributed by atoms with Crippen LogP contribution in [0.15, 0.2) is 30.6 Å². The van der Waals surface area contributed by atoms with Gasteiger partial charge in [0.25, 0.3) is 0 Å². The Morgan fingerprint density at radius 1 is 1.52 bits per heavy atom. The number of nitrogens with zero attached hydrogens (tertiary/aromatic N) is 5. The van der Waals surface area contributed by atoms with Gasteiger partial charge in [0, 0.05) is 45.0 Å². The molecule has 2 aromatic heterocycles. The summed E-state index contributed by atoms with van der Waals surface area (Å²) in [6.45, 7) is 4.14. The summed E-state index contributed by atoms with van der Waals surface area (Å²) in [5.74, 6) is 0.470. The van der Waals surface area contributed by atoms with Crippen molar-refractivity contribution in [2.75, 3.05) is 18.4 Å². The van der Waals surface area contributed by atoms with Gasteiger partial charge in [-0.2, -0.15) is 10.4 Å². The SMILES string of the molecule is CC(=O)Nc1ccn(C2CCN(Cc3ccnc(C#N)c3)C2)n1. The molecule has 0 aromatic carbocycles. The van der Waals surface area contributed by atoms with E-state index in [1.807, 2.05) is 29.1 Å². The Morgan fingerprint density at radius 3 is 3.17 bits per heavy atom. The predicted molar refractivity (Wildman–Crippen MR) is 84.4 cm³/mol. The van der Waals surface area contributed by atoms with E-state index in [0.717, 1.165) is 31.6 Å². The Bertz CT molecular complexity index is 747. The van der Waals surface area contributed by atoms with Crippen LogP contribution in [0.25, 0.3) is 0 Å². The first-order chi connectivity index (χ1) is 11.1. The highest BCUT2D eigenvalue weighted by Crippen LogP contribution is 2.23. The summed E-state index contributed by atoms with van der Waals surface area (Å²) < 4.78 is 1.92. The zero-order valence-corrected chi connectivity index (χ0v) is 12.9. The molecule has 0 saturated carbocycles. The lowest BCUT2D eigenvalue weighted by Crippen LogP contribution is -2.21. The lowest BCUT2D eigenvalue weighted by atomic mass is 10.2. The van der Waals surface area contributed by atoms with Gasteiger partial charge in [-0.15, -0.1) is 0 Å². The minimum absolute atomic E-state index is 0.116. The van der Waals surface area contributed by atoms with Crippen LogP contribution in [0.5, 0.6) is 0 Å². The molecule has 1 aliphatic rings. The lowest BCUT2D eigenvalue weighted by molar-refractivity contribution is -0.114. The van der Waals surface area contributed by atoms with Crippen LogP contribution in [0.1, 0.15) is 30.6 Å². The minimum Gasteiger partial charge on any atom is -0.309 e. The first-order valence-electron chi connectivity index (χ1n) is 7.54. The van der Waals surface area contributed by atoms with Gasteiger partial charge in [-0.05, 0) is 24.1 Å². The Morgan fingerprint density at radius 2 is 2.39 bits per heavy atom. The highest BCUT2D eigenvalue weighted by atomic mass is 16.1. The van der Waals surface area contributed by atoms with Gasteiger partial charge in [-0.25, -0.2) is 4.98 Å². The third kappa shape index (κ3) is 3.73. The largest absolute Gasteiger partial charge is 0.309 e. The summed E-state index contributed by atoms with van der Waals surface area (Å²) in [6.07, 6.45) is 4.59. The number of carbonyl (C=O) groups excluding carboxylic acids is 1. The van der Waals surface area contributed by atoms with E-state index in [4.69, 9.17) is 5.26 Å². The van der Waals surface area contributed by atoms with E-state index < -0.39 is 0 Å². The first-order valence-corrected chi connectivity index (χ1v) is 7.54. The summed E-state index contributed by atoms with van der Waals surface area (Å²) >= 11 is 0. The molecule has 3 rings (SSSR count). The van der Waals surface area contributed by atoms with Crippen LogP contribution in [0.4, 0.5) is 5.82 Å². The zero-order chi connectivity index (χ0) is 16.2. The van der Waals surface area contributed by atoms with Crippen molar-refractivity contribution in [3.63, 3.8) is 0 Å². The lowest BCUT2D eigenvalue weighted by Gasteiger charge is -2.16. The number of pyridine rings is 1. The summed E-state index contributed by atoms with van der Waals surface area (Å²) in [4.78, 5) is 17.4. The molecule has 1 atom stereocenters. The van der Waals surface area contributed by atoms with Gasteiger partial charge >= 0.3 is 0 Å². The highest BCUT2D eigenvalue weighted by molar-refractivity contribution is 5.87. The van der Waals surface area contributed by atoms with Crippen LogP contribution in [-0.2, 0) is 11.3 Å². The van der Waals surface area contributed by atoms with Crippen molar-refractivity contribution in [2.24, 2.45) is 0 Å². The molecule has 7 nitrogen and oxygen atoms in total. The molecule has 23 heavy (non-hydrogen) atoms. The van der Waals surface area contributed by atoms with Crippen LogP contribution in [-0.4, -0.2) is 38.7 Å². The van der Waals surface area contributed by atoms with Crippen molar-refractivity contribution in [1.29, 1.82) is 5.26 Å². The van der Waals surface area contributed by atoms with E-state index >= 15 is 0 Å². The second-order valence-electron chi connectivity index (χ2n) is 5.70. The van der Waals surface area contributed by atoms with Gasteiger partial charge < -0.3 is 5.32 Å². The number of rotatable bonds is 4. The van der Waals surface area contributed by atoms with Crippen LogP contribution in [0, 0.1) is 11.3 Å². The zero-order valence-electron chi connectivity index (χ0n) is 12.9. The number of aromatic nitrogens is 3. The van der Waals surface area contributed by atoms with E-state index in [1.165, 1.54) is 6.92 Å². The molecule has 1 saturated heterocycles. The van der Waals surface area contributed by atoms with E-state index in [1.54, 1.807) is 6.20 Å². The van der Waals surface area contributed by atoms with Crippen LogP contribution < -0.4 is 5.32 Å². The number of likely N-dealkylation sites (tertiary alicyclic amines) is 1. The Balaban J connectivity index is 1.61. The highest BCUT2D eigenvalue weighted by Gasteiger charge is 2.24. The van der Waals surface area contributed by atoms with Crippen LogP contribution in [0.2, 0.25) is 0 Å². The molecule has 1 unspecified atom stereocenters. The second kappa shape index (κ2) is 6.58. The molecule has 1 aliphatic heterocycles. The average molecular weight is 310 g/mol. The molecule has 1 fully saturated rings. The van der Waals surface area contributed by atoms with E-state index in [9.17, 15) is 4.79 Å². The van der Waals surface area contributed by atoms with Crippen LogP contribution in [0.3, 0.4) is 0 Å². The molecule has 0 bridgehead atoms. The molecule has 1 amide bonds. The molecule has 118 valence electrons. The number of amides is 1. The predicted octanol–water partition coefficient (Wildman–Crippen LogP) is 1.56.